The highest BCUT2D eigenvalue weighted by molar-refractivity contribution is 5.85. The largest absolute Gasteiger partial charge is 0.382 e. The van der Waals surface area contributed by atoms with Crippen molar-refractivity contribution in [1.82, 2.24) is 15.5 Å². The van der Waals surface area contributed by atoms with Gasteiger partial charge in [-0.25, -0.2) is 4.99 Å². The minimum Gasteiger partial charge on any atom is -0.382 e. The van der Waals surface area contributed by atoms with Crippen molar-refractivity contribution in [1.29, 1.82) is 0 Å². The van der Waals surface area contributed by atoms with Crippen LogP contribution in [0.4, 0.5) is 0 Å². The third kappa shape index (κ3) is 6.64. The SMILES string of the molecule is CCOCCCNC(=NCC(=O)N(C)C)NC1CC(OCC)C1(CC)CC. The Labute approximate surface area is 165 Å². The first-order valence-electron chi connectivity index (χ1n) is 10.4. The second-order valence-electron chi connectivity index (χ2n) is 7.25. The number of guanidine groups is 1. The predicted octanol–water partition coefficient (Wildman–Crippen LogP) is 2.02. The van der Waals surface area contributed by atoms with Crippen molar-refractivity contribution < 1.29 is 14.3 Å². The number of carbonyl (C=O) groups excluding carboxylic acids is 1. The van der Waals surface area contributed by atoms with Gasteiger partial charge in [0.05, 0.1) is 6.10 Å². The van der Waals surface area contributed by atoms with E-state index in [0.717, 1.165) is 52.0 Å². The summed E-state index contributed by atoms with van der Waals surface area (Å²) in [6, 6.07) is 0.302. The first-order chi connectivity index (χ1) is 12.9. The molecule has 0 spiro atoms. The van der Waals surface area contributed by atoms with Crippen molar-refractivity contribution in [3.63, 3.8) is 0 Å². The molecular formula is C20H40N4O3. The van der Waals surface area contributed by atoms with Crippen LogP contribution in [0.1, 0.15) is 53.4 Å². The molecule has 0 bridgehead atoms. The minimum atomic E-state index is -0.0107. The number of hydrogen-bond donors (Lipinski definition) is 2. The summed E-state index contributed by atoms with van der Waals surface area (Å²) in [6.45, 7) is 11.6. The molecule has 0 aromatic heterocycles. The maximum absolute atomic E-state index is 11.9. The minimum absolute atomic E-state index is 0.0107. The van der Waals surface area contributed by atoms with Crippen LogP contribution in [0.5, 0.6) is 0 Å². The van der Waals surface area contributed by atoms with Crippen LogP contribution >= 0.6 is 0 Å². The summed E-state index contributed by atoms with van der Waals surface area (Å²) < 4.78 is 11.4. The van der Waals surface area contributed by atoms with Crippen LogP contribution in [-0.4, -0.2) is 75.9 Å². The van der Waals surface area contributed by atoms with Crippen LogP contribution < -0.4 is 10.6 Å². The lowest BCUT2D eigenvalue weighted by Gasteiger charge is -2.55. The van der Waals surface area contributed by atoms with Crippen molar-refractivity contribution in [3.8, 4) is 0 Å². The van der Waals surface area contributed by atoms with Crippen molar-refractivity contribution in [3.05, 3.63) is 0 Å². The first-order valence-corrected chi connectivity index (χ1v) is 10.4. The average molecular weight is 385 g/mol. The van der Waals surface area contributed by atoms with E-state index in [-0.39, 0.29) is 24.0 Å². The zero-order valence-electron chi connectivity index (χ0n) is 18.1. The molecule has 7 heteroatoms. The van der Waals surface area contributed by atoms with Crippen LogP contribution in [0.15, 0.2) is 4.99 Å². The Morgan fingerprint density at radius 2 is 1.89 bits per heavy atom. The third-order valence-corrected chi connectivity index (χ3v) is 5.61. The van der Waals surface area contributed by atoms with Gasteiger partial charge in [0, 0.05) is 51.9 Å². The molecule has 1 saturated carbocycles. The van der Waals surface area contributed by atoms with Gasteiger partial charge in [0.1, 0.15) is 6.54 Å². The number of hydrogen-bond acceptors (Lipinski definition) is 4. The second-order valence-corrected chi connectivity index (χ2v) is 7.25. The standard InChI is InChI=1S/C20H40N4O3/c1-7-20(8-2)16(14-17(20)27-10-4)23-19(21-12-11-13-26-9-3)22-15-18(25)24(5)6/h16-17H,7-15H2,1-6H3,(H2,21,22,23). The van der Waals surface area contributed by atoms with E-state index in [4.69, 9.17) is 9.47 Å². The Morgan fingerprint density at radius 1 is 1.19 bits per heavy atom. The Morgan fingerprint density at radius 3 is 2.44 bits per heavy atom. The van der Waals surface area contributed by atoms with E-state index in [0.29, 0.717) is 12.0 Å². The van der Waals surface area contributed by atoms with Gasteiger partial charge in [-0.15, -0.1) is 0 Å². The van der Waals surface area contributed by atoms with Crippen LogP contribution in [0.2, 0.25) is 0 Å². The Balaban J connectivity index is 2.74. The summed E-state index contributed by atoms with van der Waals surface area (Å²) in [5.41, 5.74) is 0.120. The number of nitrogens with one attached hydrogen (secondary N) is 2. The van der Waals surface area contributed by atoms with Gasteiger partial charge >= 0.3 is 0 Å². The molecule has 2 unspecified atom stereocenters. The lowest BCUT2D eigenvalue weighted by molar-refractivity contribution is -0.133. The molecule has 0 saturated heterocycles. The van der Waals surface area contributed by atoms with E-state index in [9.17, 15) is 4.79 Å². The van der Waals surface area contributed by atoms with Gasteiger partial charge < -0.3 is 25.0 Å². The molecule has 0 aromatic carbocycles. The summed E-state index contributed by atoms with van der Waals surface area (Å²) in [6.07, 6.45) is 4.27. The molecule has 7 nitrogen and oxygen atoms in total. The number of ether oxygens (including phenoxy) is 2. The molecule has 0 aliphatic heterocycles. The molecular weight excluding hydrogens is 344 g/mol. The fourth-order valence-corrected chi connectivity index (χ4v) is 3.71. The van der Waals surface area contributed by atoms with E-state index in [1.807, 2.05) is 6.92 Å². The quantitative estimate of drug-likeness (QED) is 0.306. The highest BCUT2D eigenvalue weighted by Gasteiger charge is 2.53. The van der Waals surface area contributed by atoms with Gasteiger partial charge in [-0.2, -0.15) is 0 Å². The van der Waals surface area contributed by atoms with Crippen LogP contribution in [0, 0.1) is 5.41 Å². The van der Waals surface area contributed by atoms with Gasteiger partial charge in [0.2, 0.25) is 5.91 Å². The zero-order valence-corrected chi connectivity index (χ0v) is 18.1. The molecule has 0 heterocycles. The van der Waals surface area contributed by atoms with Gasteiger partial charge in [0.15, 0.2) is 5.96 Å². The molecule has 158 valence electrons. The number of nitrogens with zero attached hydrogens (tertiary/aromatic N) is 2. The molecule has 2 N–H and O–H groups in total. The summed E-state index contributed by atoms with van der Waals surface area (Å²) in [5.74, 6) is 0.691. The van der Waals surface area contributed by atoms with E-state index < -0.39 is 0 Å². The molecule has 27 heavy (non-hydrogen) atoms. The summed E-state index contributed by atoms with van der Waals surface area (Å²) in [4.78, 5) is 18.0. The van der Waals surface area contributed by atoms with Crippen molar-refractivity contribution in [2.24, 2.45) is 10.4 Å². The van der Waals surface area contributed by atoms with Crippen LogP contribution in [-0.2, 0) is 14.3 Å². The van der Waals surface area contributed by atoms with Crippen molar-refractivity contribution in [2.75, 3.05) is 47.0 Å². The highest BCUT2D eigenvalue weighted by atomic mass is 16.5. The Bertz CT molecular complexity index is 464. The number of carbonyl (C=O) groups is 1. The topological polar surface area (TPSA) is 75.2 Å². The Kier molecular flexibility index (Phi) is 10.7. The fraction of sp³-hybridized carbons (Fsp3) is 0.900. The summed E-state index contributed by atoms with van der Waals surface area (Å²) in [7, 11) is 3.50. The molecule has 2 atom stereocenters. The van der Waals surface area contributed by atoms with Gasteiger partial charge in [-0.3, -0.25) is 4.79 Å². The van der Waals surface area contributed by atoms with E-state index in [2.05, 4.69) is 36.4 Å². The highest BCUT2D eigenvalue weighted by Crippen LogP contribution is 2.48. The molecule has 1 aliphatic rings. The van der Waals surface area contributed by atoms with Crippen molar-refractivity contribution >= 4 is 11.9 Å². The molecule has 0 radical (unpaired) electrons. The van der Waals surface area contributed by atoms with Crippen molar-refractivity contribution in [2.45, 2.75) is 65.5 Å². The Hall–Kier alpha value is -1.34. The van der Waals surface area contributed by atoms with Crippen LogP contribution in [0.25, 0.3) is 0 Å². The smallest absolute Gasteiger partial charge is 0.243 e. The predicted molar refractivity (Wildman–Crippen MR) is 110 cm³/mol. The summed E-state index contributed by atoms with van der Waals surface area (Å²) >= 11 is 0. The maximum atomic E-state index is 11.9. The first kappa shape index (κ1) is 23.7. The fourth-order valence-electron chi connectivity index (χ4n) is 3.71. The molecule has 0 aromatic rings. The molecule has 1 fully saturated rings. The monoisotopic (exact) mass is 384 g/mol. The second kappa shape index (κ2) is 12.2. The third-order valence-electron chi connectivity index (χ3n) is 5.61. The average Bonchev–Trinajstić information content (AvgIpc) is 2.65. The molecule has 1 amide bonds. The van der Waals surface area contributed by atoms with Gasteiger partial charge in [-0.1, -0.05) is 13.8 Å². The summed E-state index contributed by atoms with van der Waals surface area (Å²) in [5, 5.41) is 6.92. The molecule has 1 aliphatic carbocycles. The molecule has 1 rings (SSSR count). The van der Waals surface area contributed by atoms with E-state index >= 15 is 0 Å². The lowest BCUT2D eigenvalue weighted by Crippen LogP contribution is -2.65. The number of likely N-dealkylation sites (N-methyl/N-ethyl adjacent to an activating group) is 1. The number of rotatable bonds is 12. The maximum Gasteiger partial charge on any atom is 0.243 e. The van der Waals surface area contributed by atoms with Gasteiger partial charge in [-0.05, 0) is 39.5 Å². The zero-order chi connectivity index (χ0) is 20.3. The van der Waals surface area contributed by atoms with E-state index in [1.165, 1.54) is 0 Å². The number of aliphatic imine (C=N–C) groups is 1. The number of amides is 1. The van der Waals surface area contributed by atoms with Crippen LogP contribution in [0.3, 0.4) is 0 Å². The van der Waals surface area contributed by atoms with E-state index in [1.54, 1.807) is 19.0 Å². The normalized spacial score (nSPS) is 21.5. The lowest BCUT2D eigenvalue weighted by atomic mass is 9.58. The van der Waals surface area contributed by atoms with Gasteiger partial charge in [0.25, 0.3) is 0 Å².